The Kier molecular flexibility index (Phi) is 4.68. The standard InChI is InChI=1S/C24H28N6O/c1-16(31)29-20-8-4-3-7-17(20)9-10-18-11-12-19(15-21(18)29)30-23(26)27-22(25)28-24(30)13-5-2-6-14-24/h3-4,7-8,11-12,15H,2,5-6,9-10,13-14H2,1H3,(H4,25,26,27,28). The molecule has 1 saturated carbocycles. The first-order valence-corrected chi connectivity index (χ1v) is 11.0. The molecule has 2 aromatic carbocycles. The molecule has 0 bridgehead atoms. The summed E-state index contributed by atoms with van der Waals surface area (Å²) in [5.41, 5.74) is 17.0. The number of nitrogens with zero attached hydrogens (tertiary/aromatic N) is 4. The van der Waals surface area contributed by atoms with Gasteiger partial charge in [-0.2, -0.15) is 4.99 Å². The number of amides is 1. The Labute approximate surface area is 182 Å². The number of aryl methyl sites for hydroxylation is 2. The van der Waals surface area contributed by atoms with E-state index in [1.54, 1.807) is 6.92 Å². The zero-order valence-corrected chi connectivity index (χ0v) is 17.8. The van der Waals surface area contributed by atoms with E-state index >= 15 is 0 Å². The summed E-state index contributed by atoms with van der Waals surface area (Å²) in [7, 11) is 0. The third-order valence-electron chi connectivity index (χ3n) is 6.63. The second-order valence-corrected chi connectivity index (χ2v) is 8.61. The average Bonchev–Trinajstić information content (AvgIpc) is 2.90. The van der Waals surface area contributed by atoms with E-state index in [1.807, 2.05) is 28.0 Å². The van der Waals surface area contributed by atoms with E-state index in [9.17, 15) is 4.79 Å². The molecule has 1 spiro atoms. The predicted octanol–water partition coefficient (Wildman–Crippen LogP) is 3.58. The molecule has 31 heavy (non-hydrogen) atoms. The summed E-state index contributed by atoms with van der Waals surface area (Å²) in [5.74, 6) is 0.588. The molecule has 2 aliphatic heterocycles. The van der Waals surface area contributed by atoms with Crippen molar-refractivity contribution in [2.75, 3.05) is 9.80 Å². The molecule has 4 N–H and O–H groups in total. The third-order valence-corrected chi connectivity index (χ3v) is 6.63. The number of aliphatic imine (C=N–C) groups is 2. The molecule has 7 heteroatoms. The van der Waals surface area contributed by atoms with Crippen LogP contribution < -0.4 is 21.3 Å². The van der Waals surface area contributed by atoms with Crippen molar-refractivity contribution in [2.24, 2.45) is 21.5 Å². The van der Waals surface area contributed by atoms with Crippen LogP contribution in [-0.4, -0.2) is 23.5 Å². The number of hydrogen-bond acceptors (Lipinski definition) is 6. The molecule has 1 fully saturated rings. The number of fused-ring (bicyclic) bond motifs is 2. The van der Waals surface area contributed by atoms with Crippen LogP contribution in [0.15, 0.2) is 52.4 Å². The van der Waals surface area contributed by atoms with E-state index in [2.05, 4.69) is 29.3 Å². The van der Waals surface area contributed by atoms with E-state index in [-0.39, 0.29) is 11.9 Å². The summed E-state index contributed by atoms with van der Waals surface area (Å²) >= 11 is 0. The van der Waals surface area contributed by atoms with Crippen molar-refractivity contribution in [1.82, 2.24) is 0 Å². The highest BCUT2D eigenvalue weighted by Gasteiger charge is 2.43. The summed E-state index contributed by atoms with van der Waals surface area (Å²) in [5, 5.41) is 0. The maximum absolute atomic E-state index is 12.8. The molecule has 0 aromatic heterocycles. The minimum absolute atomic E-state index is 0.0114. The lowest BCUT2D eigenvalue weighted by atomic mass is 9.87. The maximum Gasteiger partial charge on any atom is 0.228 e. The van der Waals surface area contributed by atoms with Crippen molar-refractivity contribution < 1.29 is 4.79 Å². The van der Waals surface area contributed by atoms with Crippen LogP contribution in [0, 0.1) is 0 Å². The Morgan fingerprint density at radius 3 is 2.42 bits per heavy atom. The number of nitrogens with two attached hydrogens (primary N) is 2. The molecule has 2 heterocycles. The first kappa shape index (κ1) is 19.6. The number of benzene rings is 2. The van der Waals surface area contributed by atoms with Gasteiger partial charge in [-0.1, -0.05) is 30.7 Å². The molecule has 0 unspecified atom stereocenters. The van der Waals surface area contributed by atoms with E-state index in [4.69, 9.17) is 16.5 Å². The number of carbonyl (C=O) groups is 1. The summed E-state index contributed by atoms with van der Waals surface area (Å²) in [6, 6.07) is 14.4. The minimum Gasteiger partial charge on any atom is -0.369 e. The predicted molar refractivity (Wildman–Crippen MR) is 125 cm³/mol. The van der Waals surface area contributed by atoms with Crippen molar-refractivity contribution in [2.45, 2.75) is 57.5 Å². The molecule has 0 radical (unpaired) electrons. The molecular formula is C24H28N6O. The number of guanidine groups is 2. The summed E-state index contributed by atoms with van der Waals surface area (Å²) in [4.78, 5) is 25.7. The lowest BCUT2D eigenvalue weighted by Crippen LogP contribution is -2.58. The molecule has 0 saturated heterocycles. The summed E-state index contributed by atoms with van der Waals surface area (Å²) in [6.07, 6.45) is 6.83. The molecule has 0 atom stereocenters. The SMILES string of the molecule is CC(=O)N1c2ccccc2CCc2ccc(N3C(N)=NC(N)=NC34CCCCC4)cc21. The van der Waals surface area contributed by atoms with Crippen molar-refractivity contribution in [3.05, 3.63) is 53.6 Å². The highest BCUT2D eigenvalue weighted by atomic mass is 16.2. The van der Waals surface area contributed by atoms with Gasteiger partial charge < -0.3 is 11.5 Å². The highest BCUT2D eigenvalue weighted by Crippen LogP contribution is 2.43. The zero-order valence-electron chi connectivity index (χ0n) is 17.8. The van der Waals surface area contributed by atoms with Gasteiger partial charge in [-0.05, 0) is 67.9 Å². The third kappa shape index (κ3) is 3.24. The second-order valence-electron chi connectivity index (χ2n) is 8.61. The Bertz CT molecular complexity index is 1100. The van der Waals surface area contributed by atoms with Gasteiger partial charge in [0.25, 0.3) is 0 Å². The van der Waals surface area contributed by atoms with E-state index < -0.39 is 5.66 Å². The second kappa shape index (κ2) is 7.41. The first-order chi connectivity index (χ1) is 15.0. The van der Waals surface area contributed by atoms with Crippen LogP contribution in [0.1, 0.15) is 50.2 Å². The first-order valence-electron chi connectivity index (χ1n) is 11.0. The lowest BCUT2D eigenvalue weighted by Gasteiger charge is -2.45. The van der Waals surface area contributed by atoms with Crippen LogP contribution in [0.3, 0.4) is 0 Å². The number of hydrogen-bond donors (Lipinski definition) is 2. The van der Waals surface area contributed by atoms with Crippen LogP contribution in [0.4, 0.5) is 17.1 Å². The molecule has 1 amide bonds. The molecule has 160 valence electrons. The Morgan fingerprint density at radius 2 is 1.68 bits per heavy atom. The number of para-hydroxylation sites is 1. The Hall–Kier alpha value is -3.35. The molecule has 5 rings (SSSR count). The van der Waals surface area contributed by atoms with E-state index in [1.165, 1.54) is 12.0 Å². The Balaban J connectivity index is 1.65. The van der Waals surface area contributed by atoms with Crippen LogP contribution in [0.5, 0.6) is 0 Å². The molecule has 3 aliphatic rings. The fourth-order valence-electron chi connectivity index (χ4n) is 5.28. The van der Waals surface area contributed by atoms with Crippen LogP contribution in [0.25, 0.3) is 0 Å². The fourth-order valence-corrected chi connectivity index (χ4v) is 5.28. The normalized spacial score (nSPS) is 19.8. The van der Waals surface area contributed by atoms with Gasteiger partial charge >= 0.3 is 0 Å². The van der Waals surface area contributed by atoms with Gasteiger partial charge in [0.05, 0.1) is 11.4 Å². The topological polar surface area (TPSA) is 100 Å². The van der Waals surface area contributed by atoms with Gasteiger partial charge in [0.15, 0.2) is 0 Å². The monoisotopic (exact) mass is 416 g/mol. The maximum atomic E-state index is 12.8. The summed E-state index contributed by atoms with van der Waals surface area (Å²) in [6.45, 7) is 1.61. The molecule has 1 aliphatic carbocycles. The summed E-state index contributed by atoms with van der Waals surface area (Å²) < 4.78 is 0. The lowest BCUT2D eigenvalue weighted by molar-refractivity contribution is -0.115. The van der Waals surface area contributed by atoms with Crippen LogP contribution in [-0.2, 0) is 17.6 Å². The van der Waals surface area contributed by atoms with Crippen molar-refractivity contribution in [3.8, 4) is 0 Å². The number of carbonyl (C=O) groups excluding carboxylic acids is 1. The van der Waals surface area contributed by atoms with Crippen LogP contribution >= 0.6 is 0 Å². The average molecular weight is 417 g/mol. The largest absolute Gasteiger partial charge is 0.369 e. The van der Waals surface area contributed by atoms with Gasteiger partial charge in [0.2, 0.25) is 17.8 Å². The van der Waals surface area contributed by atoms with E-state index in [0.29, 0.717) is 5.96 Å². The number of anilines is 3. The van der Waals surface area contributed by atoms with Crippen molar-refractivity contribution >= 4 is 34.9 Å². The van der Waals surface area contributed by atoms with Gasteiger partial charge in [-0.3, -0.25) is 14.6 Å². The molecular weight excluding hydrogens is 388 g/mol. The van der Waals surface area contributed by atoms with Crippen LogP contribution in [0.2, 0.25) is 0 Å². The smallest absolute Gasteiger partial charge is 0.228 e. The fraction of sp³-hybridized carbons (Fsp3) is 0.375. The highest BCUT2D eigenvalue weighted by molar-refractivity contribution is 6.07. The number of rotatable bonds is 1. The molecule has 7 nitrogen and oxygen atoms in total. The van der Waals surface area contributed by atoms with Gasteiger partial charge in [-0.15, -0.1) is 0 Å². The zero-order chi connectivity index (χ0) is 21.6. The van der Waals surface area contributed by atoms with E-state index in [0.717, 1.165) is 61.2 Å². The van der Waals surface area contributed by atoms with Crippen molar-refractivity contribution in [1.29, 1.82) is 0 Å². The molecule has 2 aromatic rings. The van der Waals surface area contributed by atoms with Gasteiger partial charge in [0, 0.05) is 12.6 Å². The quantitative estimate of drug-likeness (QED) is 0.742. The van der Waals surface area contributed by atoms with Gasteiger partial charge in [0.1, 0.15) is 5.66 Å². The Morgan fingerprint density at radius 1 is 0.968 bits per heavy atom. The van der Waals surface area contributed by atoms with Crippen molar-refractivity contribution in [3.63, 3.8) is 0 Å². The van der Waals surface area contributed by atoms with Gasteiger partial charge in [-0.25, -0.2) is 4.99 Å². The minimum atomic E-state index is -0.508.